The van der Waals surface area contributed by atoms with Crippen LogP contribution < -0.4 is 5.73 Å². The maximum Gasteiger partial charge on any atom is 0.326 e. The van der Waals surface area contributed by atoms with Gasteiger partial charge in [-0.1, -0.05) is 25.1 Å². The Bertz CT molecular complexity index is 338. The molecule has 0 saturated heterocycles. The van der Waals surface area contributed by atoms with Gasteiger partial charge in [0.15, 0.2) is 0 Å². The van der Waals surface area contributed by atoms with Crippen molar-refractivity contribution in [1.82, 2.24) is 0 Å². The quantitative estimate of drug-likeness (QED) is 0.539. The van der Waals surface area contributed by atoms with Crippen molar-refractivity contribution in [2.24, 2.45) is 5.73 Å². The molecule has 18 heavy (non-hydrogen) atoms. The number of hydrogen-bond donors (Lipinski definition) is 2. The fourth-order valence-corrected chi connectivity index (χ4v) is 0.985. The lowest BCUT2D eigenvalue weighted by Crippen LogP contribution is -2.48. The van der Waals surface area contributed by atoms with E-state index in [2.05, 4.69) is 6.58 Å². The average Bonchev–Trinajstić information content (AvgIpc) is 2.22. The zero-order valence-electron chi connectivity index (χ0n) is 12.2. The van der Waals surface area contributed by atoms with Gasteiger partial charge in [-0.25, -0.2) is 0 Å². The molecule has 101 valence electrons. The first-order valence-corrected chi connectivity index (χ1v) is 6.16. The minimum Gasteiger partial charge on any atom is -0.427 e. The maximum atomic E-state index is 9.98. The Balaban J connectivity index is 4.69. The Morgan fingerprint density at radius 2 is 1.94 bits per heavy atom. The second-order valence-corrected chi connectivity index (χ2v) is 5.28. The van der Waals surface area contributed by atoms with E-state index in [0.29, 0.717) is 5.70 Å². The van der Waals surface area contributed by atoms with Crippen LogP contribution in [0.1, 0.15) is 41.0 Å². The van der Waals surface area contributed by atoms with Gasteiger partial charge >= 0.3 is 7.48 Å². The Labute approximate surface area is 112 Å². The first-order chi connectivity index (χ1) is 8.14. The van der Waals surface area contributed by atoms with Crippen LogP contribution in [0.4, 0.5) is 0 Å². The summed E-state index contributed by atoms with van der Waals surface area (Å²) < 4.78 is 5.67. The van der Waals surface area contributed by atoms with Crippen molar-refractivity contribution in [2.75, 3.05) is 0 Å². The maximum absolute atomic E-state index is 9.98. The first kappa shape index (κ1) is 17.0. The van der Waals surface area contributed by atoms with E-state index in [9.17, 15) is 5.11 Å². The predicted molar refractivity (Wildman–Crippen MR) is 78.1 cm³/mol. The zero-order valence-corrected chi connectivity index (χ0v) is 12.2. The highest BCUT2D eigenvalue weighted by atomic mass is 16.5. The summed E-state index contributed by atoms with van der Waals surface area (Å²) in [5, 5.41) is 9.98. The standard InChI is InChI=1S/C14H25BNO2/c1-7-9-12(16)10-11(8-2)15-18-14(5,6)13(3,4)17/h7,9-10,17H,1,8,16H2,2-6H3/b11-10+,12-9+. The molecular weight excluding hydrogens is 225 g/mol. The van der Waals surface area contributed by atoms with Crippen molar-refractivity contribution in [2.45, 2.75) is 52.2 Å². The third-order valence-electron chi connectivity index (χ3n) is 3.05. The minimum absolute atomic E-state index is 0.628. The van der Waals surface area contributed by atoms with Crippen LogP contribution in [0.2, 0.25) is 0 Å². The van der Waals surface area contributed by atoms with Crippen molar-refractivity contribution < 1.29 is 9.76 Å². The molecule has 0 amide bonds. The van der Waals surface area contributed by atoms with E-state index in [1.54, 1.807) is 33.5 Å². The molecular formula is C14H25BNO2. The van der Waals surface area contributed by atoms with E-state index >= 15 is 0 Å². The fraction of sp³-hybridized carbons (Fsp3) is 0.571. The van der Waals surface area contributed by atoms with Gasteiger partial charge in [0.25, 0.3) is 0 Å². The molecule has 0 atom stereocenters. The van der Waals surface area contributed by atoms with Crippen molar-refractivity contribution in [1.29, 1.82) is 0 Å². The summed E-state index contributed by atoms with van der Waals surface area (Å²) in [5.74, 6) is 0. The summed E-state index contributed by atoms with van der Waals surface area (Å²) in [7, 11) is 1.65. The number of hydrogen-bond acceptors (Lipinski definition) is 3. The lowest BCUT2D eigenvalue weighted by molar-refractivity contribution is -0.0897. The van der Waals surface area contributed by atoms with Gasteiger partial charge in [-0.2, -0.15) is 0 Å². The Kier molecular flexibility index (Phi) is 6.43. The van der Waals surface area contributed by atoms with Gasteiger partial charge in [0.1, 0.15) is 0 Å². The topological polar surface area (TPSA) is 55.5 Å². The van der Waals surface area contributed by atoms with Gasteiger partial charge in [-0.05, 0) is 46.3 Å². The normalized spacial score (nSPS) is 14.6. The summed E-state index contributed by atoms with van der Waals surface area (Å²) in [5.41, 5.74) is 5.77. The number of allylic oxidation sites excluding steroid dienone is 4. The Morgan fingerprint density at radius 1 is 1.39 bits per heavy atom. The van der Waals surface area contributed by atoms with Crippen molar-refractivity contribution in [3.8, 4) is 0 Å². The van der Waals surface area contributed by atoms with E-state index in [0.717, 1.165) is 11.9 Å². The largest absolute Gasteiger partial charge is 0.427 e. The van der Waals surface area contributed by atoms with Gasteiger partial charge in [-0.3, -0.25) is 0 Å². The van der Waals surface area contributed by atoms with Gasteiger partial charge in [0, 0.05) is 5.70 Å². The van der Waals surface area contributed by atoms with Crippen LogP contribution in [0, 0.1) is 0 Å². The molecule has 0 fully saturated rings. The molecule has 3 nitrogen and oxygen atoms in total. The molecule has 0 spiro atoms. The lowest BCUT2D eigenvalue weighted by atomic mass is 9.80. The van der Waals surface area contributed by atoms with Crippen molar-refractivity contribution in [3.05, 3.63) is 36.0 Å². The highest BCUT2D eigenvalue weighted by molar-refractivity contribution is 6.38. The SMILES string of the molecule is C=C/C=C(N)\C=C(\[B]OC(C)(C)C(C)(C)O)CC. The third kappa shape index (κ3) is 5.56. The summed E-state index contributed by atoms with van der Waals surface area (Å²) in [6.45, 7) is 12.8. The molecule has 3 N–H and O–H groups in total. The summed E-state index contributed by atoms with van der Waals surface area (Å²) >= 11 is 0. The van der Waals surface area contributed by atoms with Crippen LogP contribution >= 0.6 is 0 Å². The molecule has 0 unspecified atom stereocenters. The molecule has 1 radical (unpaired) electrons. The van der Waals surface area contributed by atoms with E-state index in [-0.39, 0.29) is 0 Å². The van der Waals surface area contributed by atoms with Gasteiger partial charge in [-0.15, -0.1) is 0 Å². The van der Waals surface area contributed by atoms with Gasteiger partial charge in [0.2, 0.25) is 0 Å². The molecule has 0 aromatic heterocycles. The number of aliphatic hydroxyl groups is 1. The zero-order chi connectivity index (χ0) is 14.4. The smallest absolute Gasteiger partial charge is 0.326 e. The third-order valence-corrected chi connectivity index (χ3v) is 3.05. The molecule has 0 saturated carbocycles. The van der Waals surface area contributed by atoms with E-state index < -0.39 is 11.2 Å². The lowest BCUT2D eigenvalue weighted by Gasteiger charge is -2.37. The van der Waals surface area contributed by atoms with Crippen LogP contribution in [0.15, 0.2) is 36.0 Å². The van der Waals surface area contributed by atoms with Gasteiger partial charge in [0.05, 0.1) is 11.2 Å². The molecule has 0 aromatic rings. The Morgan fingerprint density at radius 3 is 2.33 bits per heavy atom. The second-order valence-electron chi connectivity index (χ2n) is 5.28. The van der Waals surface area contributed by atoms with Crippen LogP contribution in [-0.4, -0.2) is 23.8 Å². The molecule has 0 aliphatic rings. The highest BCUT2D eigenvalue weighted by Gasteiger charge is 2.35. The second kappa shape index (κ2) is 6.81. The van der Waals surface area contributed by atoms with Crippen molar-refractivity contribution >= 4 is 7.48 Å². The minimum atomic E-state index is -0.926. The van der Waals surface area contributed by atoms with Crippen molar-refractivity contribution in [3.63, 3.8) is 0 Å². The summed E-state index contributed by atoms with van der Waals surface area (Å²) in [6, 6.07) is 0. The molecule has 0 aliphatic carbocycles. The number of nitrogens with two attached hydrogens (primary N) is 1. The van der Waals surface area contributed by atoms with Crippen LogP contribution in [0.25, 0.3) is 0 Å². The molecule has 0 aliphatic heterocycles. The van der Waals surface area contributed by atoms with E-state index in [1.807, 2.05) is 26.8 Å². The van der Waals surface area contributed by atoms with E-state index in [4.69, 9.17) is 10.4 Å². The fourth-order valence-electron chi connectivity index (χ4n) is 0.985. The molecule has 0 aromatic carbocycles. The predicted octanol–water partition coefficient (Wildman–Crippen LogP) is 2.49. The summed E-state index contributed by atoms with van der Waals surface area (Å²) in [6.07, 6.45) is 6.00. The van der Waals surface area contributed by atoms with Crippen LogP contribution in [-0.2, 0) is 4.65 Å². The summed E-state index contributed by atoms with van der Waals surface area (Å²) in [4.78, 5) is 0. The Hall–Kier alpha value is -0.995. The molecule has 0 bridgehead atoms. The molecule has 0 heterocycles. The molecule has 0 rings (SSSR count). The van der Waals surface area contributed by atoms with Crippen LogP contribution in [0.5, 0.6) is 0 Å². The van der Waals surface area contributed by atoms with Gasteiger partial charge < -0.3 is 15.5 Å². The highest BCUT2D eigenvalue weighted by Crippen LogP contribution is 2.25. The first-order valence-electron chi connectivity index (χ1n) is 6.16. The monoisotopic (exact) mass is 250 g/mol. The van der Waals surface area contributed by atoms with Crippen LogP contribution in [0.3, 0.4) is 0 Å². The average molecular weight is 250 g/mol. The molecule has 4 heteroatoms. The van der Waals surface area contributed by atoms with E-state index in [1.165, 1.54) is 0 Å². The number of rotatable bonds is 7.